The van der Waals surface area contributed by atoms with Gasteiger partial charge < -0.3 is 14.6 Å². The van der Waals surface area contributed by atoms with Gasteiger partial charge in [-0.1, -0.05) is 0 Å². The number of amides is 1. The van der Waals surface area contributed by atoms with E-state index in [-0.39, 0.29) is 12.1 Å². The minimum absolute atomic E-state index is 0.0380. The average molecular weight is 377 g/mol. The van der Waals surface area contributed by atoms with Crippen molar-refractivity contribution in [2.75, 3.05) is 18.0 Å². The molecule has 2 aliphatic rings. The molecular weight excluding hydrogens is 356 g/mol. The van der Waals surface area contributed by atoms with Crippen LogP contribution >= 0.6 is 0 Å². The third kappa shape index (κ3) is 2.85. The maximum Gasteiger partial charge on any atom is 0.349 e. The van der Waals surface area contributed by atoms with E-state index in [4.69, 9.17) is 8.83 Å². The Labute approximate surface area is 161 Å². The maximum absolute atomic E-state index is 12.6. The lowest BCUT2D eigenvalue weighted by atomic mass is 9.90. The van der Waals surface area contributed by atoms with Gasteiger partial charge in [-0.15, -0.1) is 0 Å². The summed E-state index contributed by atoms with van der Waals surface area (Å²) >= 11 is 0. The fraction of sp³-hybridized carbons (Fsp3) is 0.318. The summed E-state index contributed by atoms with van der Waals surface area (Å²) in [6.45, 7) is 2.40. The zero-order valence-electron chi connectivity index (χ0n) is 15.5. The van der Waals surface area contributed by atoms with Crippen molar-refractivity contribution >= 4 is 22.6 Å². The molecule has 4 heterocycles. The number of fused-ring (bicyclic) bond motifs is 2. The Bertz CT molecular complexity index is 1120. The molecule has 0 atom stereocenters. The molecule has 2 aliphatic heterocycles. The molecule has 0 radical (unpaired) electrons. The van der Waals surface area contributed by atoms with Crippen LogP contribution in [0.4, 0.5) is 5.69 Å². The van der Waals surface area contributed by atoms with E-state index in [9.17, 15) is 9.59 Å². The number of rotatable bonds is 3. The predicted molar refractivity (Wildman–Crippen MR) is 106 cm³/mol. The van der Waals surface area contributed by atoms with Gasteiger partial charge in [-0.25, -0.2) is 9.21 Å². The van der Waals surface area contributed by atoms with Crippen molar-refractivity contribution in [2.24, 2.45) is 0 Å². The van der Waals surface area contributed by atoms with Crippen LogP contribution in [0.3, 0.4) is 0 Å². The molecule has 0 fully saturated rings. The van der Waals surface area contributed by atoms with Crippen LogP contribution in [0, 0.1) is 0 Å². The zero-order chi connectivity index (χ0) is 19.1. The molecule has 3 aromatic rings. The summed E-state index contributed by atoms with van der Waals surface area (Å²) in [5.41, 5.74) is 4.56. The number of carbonyl (C=O) groups excluding carboxylic acids is 1. The second kappa shape index (κ2) is 6.78. The Morgan fingerprint density at radius 2 is 2.07 bits per heavy atom. The first-order chi connectivity index (χ1) is 13.7. The maximum atomic E-state index is 12.6. The molecule has 28 heavy (non-hydrogen) atoms. The number of nitrogens with zero attached hydrogens (tertiary/aromatic N) is 1. The first-order valence-corrected chi connectivity index (χ1v) is 9.71. The van der Waals surface area contributed by atoms with Gasteiger partial charge in [0.1, 0.15) is 11.1 Å². The first-order valence-electron chi connectivity index (χ1n) is 9.71. The standard InChI is InChI=1S/C22H20N2O4/c25-21(23-12-14-4-3-9-27-13-14)18-11-16-10-15-5-1-7-24-8-2-6-17(19(15)24)20(16)28-22(18)26/h3-4,9-11,13H,1-2,5-8,12H2/p+1. The van der Waals surface area contributed by atoms with Crippen molar-refractivity contribution in [3.63, 3.8) is 0 Å². The fourth-order valence-electron chi connectivity index (χ4n) is 4.36. The van der Waals surface area contributed by atoms with E-state index in [2.05, 4.69) is 16.3 Å². The lowest BCUT2D eigenvalue weighted by Crippen LogP contribution is -2.34. The highest BCUT2D eigenvalue weighted by atomic mass is 16.4. The Morgan fingerprint density at radius 1 is 1.21 bits per heavy atom. The Morgan fingerprint density at radius 3 is 2.89 bits per heavy atom. The van der Waals surface area contributed by atoms with Gasteiger partial charge in [0.05, 0.1) is 12.1 Å². The number of nitrogens with one attached hydrogen (secondary N) is 1. The third-order valence-corrected chi connectivity index (χ3v) is 5.60. The largest absolute Gasteiger partial charge is 0.422 e. The summed E-state index contributed by atoms with van der Waals surface area (Å²) < 4.78 is 10.8. The van der Waals surface area contributed by atoms with E-state index in [0.717, 1.165) is 55.3 Å². The van der Waals surface area contributed by atoms with Gasteiger partial charge in [0, 0.05) is 35.8 Å². The number of aryl methyl sites for hydroxylation is 2. The first kappa shape index (κ1) is 17.0. The van der Waals surface area contributed by atoms with E-state index >= 15 is 0 Å². The molecule has 6 heteroatoms. The lowest BCUT2D eigenvalue weighted by Gasteiger charge is -2.37. The molecule has 0 spiro atoms. The number of hydrogen-bond donors (Lipinski definition) is 1. The topological polar surface area (TPSA) is 73.9 Å². The highest BCUT2D eigenvalue weighted by Crippen LogP contribution is 2.39. The second-order valence-corrected chi connectivity index (χ2v) is 7.43. The van der Waals surface area contributed by atoms with E-state index < -0.39 is 11.5 Å². The molecule has 1 N–H and O–H groups in total. The van der Waals surface area contributed by atoms with Crippen LogP contribution in [-0.2, 0) is 19.4 Å². The molecule has 0 unspecified atom stereocenters. The van der Waals surface area contributed by atoms with E-state index in [1.807, 2.05) is 6.07 Å². The van der Waals surface area contributed by atoms with Gasteiger partial charge in [-0.05, 0) is 49.4 Å². The number of benzene rings is 1. The second-order valence-electron chi connectivity index (χ2n) is 7.43. The molecule has 0 bridgehead atoms. The van der Waals surface area contributed by atoms with Crippen molar-refractivity contribution in [3.8, 4) is 0 Å². The van der Waals surface area contributed by atoms with Crippen LogP contribution in [0.25, 0.3) is 11.0 Å². The van der Waals surface area contributed by atoms with E-state index in [1.54, 1.807) is 24.7 Å². The van der Waals surface area contributed by atoms with E-state index in [1.165, 1.54) is 11.3 Å². The summed E-state index contributed by atoms with van der Waals surface area (Å²) in [5.74, 6) is -0.438. The minimum atomic E-state index is -0.591. The van der Waals surface area contributed by atoms with Gasteiger partial charge in [-0.2, -0.15) is 0 Å². The highest BCUT2D eigenvalue weighted by molar-refractivity contribution is 5.98. The quantitative estimate of drug-likeness (QED) is 0.560. The van der Waals surface area contributed by atoms with Crippen molar-refractivity contribution in [3.05, 3.63) is 69.5 Å². The third-order valence-electron chi connectivity index (χ3n) is 5.60. The molecule has 142 valence electrons. The van der Waals surface area contributed by atoms with Crippen molar-refractivity contribution in [1.82, 2.24) is 5.32 Å². The number of hydrogen-bond acceptors (Lipinski definition) is 4. The molecule has 5 rings (SSSR count). The van der Waals surface area contributed by atoms with E-state index in [0.29, 0.717) is 5.58 Å². The van der Waals surface area contributed by atoms with Crippen LogP contribution in [-0.4, -0.2) is 19.0 Å². The smallest absolute Gasteiger partial charge is 0.349 e. The van der Waals surface area contributed by atoms with Crippen LogP contribution < -0.4 is 15.8 Å². The molecule has 1 aromatic carbocycles. The van der Waals surface area contributed by atoms with Crippen molar-refractivity contribution in [2.45, 2.75) is 32.2 Å². The van der Waals surface area contributed by atoms with Crippen molar-refractivity contribution < 1.29 is 13.6 Å². The summed E-state index contributed by atoms with van der Waals surface area (Å²) in [5, 5.41) is 3.59. The Balaban J connectivity index is 1.53. The van der Waals surface area contributed by atoms with Crippen LogP contribution in [0.1, 0.15) is 39.9 Å². The molecule has 1 amide bonds. The highest BCUT2D eigenvalue weighted by Gasteiger charge is 2.27. The van der Waals surface area contributed by atoms with Crippen LogP contribution in [0.15, 0.2) is 50.4 Å². The molecule has 2 aromatic heterocycles. The monoisotopic (exact) mass is 377 g/mol. The summed E-state index contributed by atoms with van der Waals surface area (Å²) in [6, 6.07) is 7.36. The van der Waals surface area contributed by atoms with Gasteiger partial charge in [0.25, 0.3) is 5.91 Å². The lowest BCUT2D eigenvalue weighted by molar-refractivity contribution is 0.0947. The molecule has 0 saturated heterocycles. The minimum Gasteiger partial charge on any atom is -0.422 e. The number of anilines is 1. The molecule has 0 saturated carbocycles. The van der Waals surface area contributed by atoms with Crippen LogP contribution in [0.5, 0.6) is 0 Å². The summed E-state index contributed by atoms with van der Waals surface area (Å²) in [4.78, 5) is 27.5. The number of carbonyl (C=O) groups is 1. The molecule has 0 aliphatic carbocycles. The van der Waals surface area contributed by atoms with Crippen LogP contribution in [0.2, 0.25) is 0 Å². The predicted octanol–water partition coefficient (Wildman–Crippen LogP) is 3.30. The summed E-state index contributed by atoms with van der Waals surface area (Å²) in [6.07, 6.45) is 7.22. The normalized spacial score (nSPS) is 15.4. The Hall–Kier alpha value is -3.15. The SMILES string of the molecule is O=C(NCc1ccc[o+]c1)c1cc2cc3c4c(c2oc1=O)CCCN4CCC3. The summed E-state index contributed by atoms with van der Waals surface area (Å²) in [7, 11) is 0. The Kier molecular flexibility index (Phi) is 4.11. The zero-order valence-corrected chi connectivity index (χ0v) is 15.5. The van der Waals surface area contributed by atoms with Gasteiger partial charge in [-0.3, -0.25) is 4.79 Å². The molecule has 6 nitrogen and oxygen atoms in total. The average Bonchev–Trinajstić information content (AvgIpc) is 2.73. The fourth-order valence-corrected chi connectivity index (χ4v) is 4.36. The molecular formula is C22H21N2O4+. The van der Waals surface area contributed by atoms with Gasteiger partial charge in [0.15, 0.2) is 0 Å². The van der Waals surface area contributed by atoms with Gasteiger partial charge in [0.2, 0.25) is 0 Å². The van der Waals surface area contributed by atoms with Gasteiger partial charge >= 0.3 is 18.2 Å². The van der Waals surface area contributed by atoms with Crippen molar-refractivity contribution in [1.29, 1.82) is 0 Å².